The molecule has 0 bridgehead atoms. The van der Waals surface area contributed by atoms with Crippen LogP contribution in [0.3, 0.4) is 0 Å². The first-order valence-electron chi connectivity index (χ1n) is 2.92. The fourth-order valence-corrected chi connectivity index (χ4v) is 0.964. The van der Waals surface area contributed by atoms with Gasteiger partial charge in [0, 0.05) is 5.54 Å². The van der Waals surface area contributed by atoms with Crippen LogP contribution in [0.5, 0.6) is 0 Å². The third kappa shape index (κ3) is 3.33. The number of hydrogen-bond donors (Lipinski definition) is 2. The van der Waals surface area contributed by atoms with E-state index in [9.17, 15) is 0 Å². The summed E-state index contributed by atoms with van der Waals surface area (Å²) in [5, 5.41) is 3.19. The topological polar surface area (TPSA) is 12.0 Å². The Hall–Kier alpha value is 0.310. The zero-order chi connectivity index (χ0) is 6.62. The molecule has 2 heteroatoms. The van der Waals surface area contributed by atoms with Crippen molar-refractivity contribution < 1.29 is 0 Å². The van der Waals surface area contributed by atoms with E-state index in [1.165, 1.54) is 0 Å². The minimum Gasteiger partial charge on any atom is -0.315 e. The Balaban J connectivity index is 3.37. The zero-order valence-corrected chi connectivity index (χ0v) is 6.76. The van der Waals surface area contributed by atoms with Gasteiger partial charge in [-0.15, -0.1) is 0 Å². The highest BCUT2D eigenvalue weighted by Crippen LogP contribution is 2.06. The second-order valence-electron chi connectivity index (χ2n) is 2.61. The molecule has 0 aromatic carbocycles. The van der Waals surface area contributed by atoms with Gasteiger partial charge in [-0.3, -0.25) is 0 Å². The smallest absolute Gasteiger partial charge is 0.0129 e. The maximum Gasteiger partial charge on any atom is 0.0129 e. The van der Waals surface area contributed by atoms with Gasteiger partial charge in [0.1, 0.15) is 0 Å². The summed E-state index contributed by atoms with van der Waals surface area (Å²) in [5.74, 6) is 0.952. The molecule has 0 heterocycles. The van der Waals surface area contributed by atoms with Crippen molar-refractivity contribution in [1.29, 1.82) is 0 Å². The molecule has 50 valence electrons. The molecule has 0 aliphatic carbocycles. The molecule has 0 aliphatic rings. The van der Waals surface area contributed by atoms with Crippen LogP contribution in [0.1, 0.15) is 20.3 Å². The maximum absolute atomic E-state index is 4.13. The van der Waals surface area contributed by atoms with Crippen molar-refractivity contribution in [3.05, 3.63) is 0 Å². The van der Waals surface area contributed by atoms with Crippen LogP contribution in [-0.2, 0) is 0 Å². The average molecular weight is 133 g/mol. The molecule has 0 fully saturated rings. The normalized spacial score (nSPS) is 12.0. The molecule has 0 aliphatic heterocycles. The van der Waals surface area contributed by atoms with Gasteiger partial charge < -0.3 is 5.32 Å². The molecule has 0 unspecified atom stereocenters. The molecular weight excluding hydrogens is 118 g/mol. The lowest BCUT2D eigenvalue weighted by Gasteiger charge is -2.22. The summed E-state index contributed by atoms with van der Waals surface area (Å²) >= 11 is 4.13. The van der Waals surface area contributed by atoms with Gasteiger partial charge in [-0.2, -0.15) is 12.6 Å². The summed E-state index contributed by atoms with van der Waals surface area (Å²) in [7, 11) is 1.98. The molecular formula is C6H15NS. The van der Waals surface area contributed by atoms with E-state index in [1.807, 2.05) is 7.05 Å². The van der Waals surface area contributed by atoms with E-state index in [1.54, 1.807) is 0 Å². The summed E-state index contributed by atoms with van der Waals surface area (Å²) < 4.78 is 0. The molecule has 0 saturated carbocycles. The Morgan fingerprint density at radius 1 is 1.50 bits per heavy atom. The Labute approximate surface area is 57.3 Å². The quantitative estimate of drug-likeness (QED) is 0.553. The lowest BCUT2D eigenvalue weighted by molar-refractivity contribution is 0.414. The van der Waals surface area contributed by atoms with Gasteiger partial charge in [0.25, 0.3) is 0 Å². The molecule has 0 atom stereocenters. The van der Waals surface area contributed by atoms with Crippen molar-refractivity contribution in [2.24, 2.45) is 0 Å². The van der Waals surface area contributed by atoms with Crippen LogP contribution in [0.4, 0.5) is 0 Å². The van der Waals surface area contributed by atoms with Gasteiger partial charge in [-0.05, 0) is 33.1 Å². The minimum absolute atomic E-state index is 0.266. The molecule has 0 saturated heterocycles. The third-order valence-electron chi connectivity index (χ3n) is 1.41. The molecule has 0 amide bonds. The number of hydrogen-bond acceptors (Lipinski definition) is 2. The predicted octanol–water partition coefficient (Wildman–Crippen LogP) is 1.30. The van der Waals surface area contributed by atoms with Crippen LogP contribution >= 0.6 is 12.6 Å². The van der Waals surface area contributed by atoms with Crippen LogP contribution in [0, 0.1) is 0 Å². The Morgan fingerprint density at radius 2 is 2.00 bits per heavy atom. The standard InChI is InChI=1S/C6H15NS/c1-6(2,7-3)4-5-8/h7-8H,4-5H2,1-3H3. The van der Waals surface area contributed by atoms with Crippen molar-refractivity contribution >= 4 is 12.6 Å². The lowest BCUT2D eigenvalue weighted by Crippen LogP contribution is -2.36. The second-order valence-corrected chi connectivity index (χ2v) is 3.05. The highest BCUT2D eigenvalue weighted by Gasteiger charge is 2.11. The molecule has 0 aromatic rings. The van der Waals surface area contributed by atoms with Crippen molar-refractivity contribution in [1.82, 2.24) is 5.32 Å². The van der Waals surface area contributed by atoms with Crippen LogP contribution in [-0.4, -0.2) is 18.3 Å². The summed E-state index contributed by atoms with van der Waals surface area (Å²) in [5.41, 5.74) is 0.266. The van der Waals surface area contributed by atoms with Crippen molar-refractivity contribution in [2.75, 3.05) is 12.8 Å². The Kier molecular flexibility index (Phi) is 3.49. The summed E-state index contributed by atoms with van der Waals surface area (Å²) in [4.78, 5) is 0. The summed E-state index contributed by atoms with van der Waals surface area (Å²) in [6.45, 7) is 4.34. The Bertz CT molecular complexity index is 61.5. The third-order valence-corrected chi connectivity index (χ3v) is 1.64. The van der Waals surface area contributed by atoms with Crippen LogP contribution in [0.25, 0.3) is 0 Å². The van der Waals surface area contributed by atoms with E-state index in [-0.39, 0.29) is 5.54 Å². The van der Waals surface area contributed by atoms with Gasteiger partial charge in [0.15, 0.2) is 0 Å². The molecule has 0 spiro atoms. The fourth-order valence-electron chi connectivity index (χ4n) is 0.405. The highest BCUT2D eigenvalue weighted by molar-refractivity contribution is 7.80. The average Bonchev–Trinajstić information content (AvgIpc) is 1.67. The molecule has 0 rings (SSSR count). The molecule has 1 nitrogen and oxygen atoms in total. The van der Waals surface area contributed by atoms with Crippen LogP contribution in [0.2, 0.25) is 0 Å². The van der Waals surface area contributed by atoms with Crippen molar-refractivity contribution in [3.63, 3.8) is 0 Å². The van der Waals surface area contributed by atoms with E-state index in [2.05, 4.69) is 31.8 Å². The summed E-state index contributed by atoms with van der Waals surface area (Å²) in [6.07, 6.45) is 1.12. The van der Waals surface area contributed by atoms with Gasteiger partial charge in [0.2, 0.25) is 0 Å². The van der Waals surface area contributed by atoms with Gasteiger partial charge in [0.05, 0.1) is 0 Å². The second kappa shape index (κ2) is 3.36. The molecule has 1 N–H and O–H groups in total. The minimum atomic E-state index is 0.266. The molecule has 8 heavy (non-hydrogen) atoms. The lowest BCUT2D eigenvalue weighted by atomic mass is 10.0. The van der Waals surface area contributed by atoms with E-state index >= 15 is 0 Å². The van der Waals surface area contributed by atoms with E-state index in [0.717, 1.165) is 12.2 Å². The molecule has 0 aromatic heterocycles. The number of nitrogens with one attached hydrogen (secondary N) is 1. The zero-order valence-electron chi connectivity index (χ0n) is 5.86. The monoisotopic (exact) mass is 133 g/mol. The largest absolute Gasteiger partial charge is 0.315 e. The highest BCUT2D eigenvalue weighted by atomic mass is 32.1. The number of thiol groups is 1. The molecule has 0 radical (unpaired) electrons. The fraction of sp³-hybridized carbons (Fsp3) is 1.00. The Morgan fingerprint density at radius 3 is 2.12 bits per heavy atom. The number of rotatable bonds is 3. The first kappa shape index (κ1) is 8.31. The first-order chi connectivity index (χ1) is 3.62. The van der Waals surface area contributed by atoms with Gasteiger partial charge >= 0.3 is 0 Å². The van der Waals surface area contributed by atoms with E-state index in [4.69, 9.17) is 0 Å². The summed E-state index contributed by atoms with van der Waals surface area (Å²) in [6, 6.07) is 0. The first-order valence-corrected chi connectivity index (χ1v) is 3.55. The van der Waals surface area contributed by atoms with Gasteiger partial charge in [-0.25, -0.2) is 0 Å². The van der Waals surface area contributed by atoms with E-state index in [0.29, 0.717) is 0 Å². The van der Waals surface area contributed by atoms with Crippen molar-refractivity contribution in [2.45, 2.75) is 25.8 Å². The van der Waals surface area contributed by atoms with Crippen molar-refractivity contribution in [3.8, 4) is 0 Å². The predicted molar refractivity (Wildman–Crippen MR) is 41.6 cm³/mol. The van der Waals surface area contributed by atoms with E-state index < -0.39 is 0 Å². The van der Waals surface area contributed by atoms with Crippen LogP contribution in [0.15, 0.2) is 0 Å². The van der Waals surface area contributed by atoms with Crippen LogP contribution < -0.4 is 5.32 Å². The van der Waals surface area contributed by atoms with Gasteiger partial charge in [-0.1, -0.05) is 0 Å². The maximum atomic E-state index is 4.13. The SMILES string of the molecule is CNC(C)(C)CCS.